The molecule has 1 rings (SSSR count). The molecule has 0 nitrogen and oxygen atoms in total. The molecule has 0 aromatic rings. The Bertz CT molecular complexity index is 191. The van der Waals surface area contributed by atoms with E-state index in [1.165, 1.54) is 19.3 Å². The minimum Gasteiger partial charge on any atom is -0.0804 e. The molecule has 0 saturated heterocycles. The zero-order chi connectivity index (χ0) is 8.32. The molecule has 0 spiro atoms. The average molecular weight is 215 g/mol. The van der Waals surface area contributed by atoms with Gasteiger partial charge in [0.2, 0.25) is 0 Å². The Morgan fingerprint density at radius 3 is 2.82 bits per heavy atom. The molecule has 62 valence electrons. The van der Waals surface area contributed by atoms with Crippen molar-refractivity contribution < 1.29 is 0 Å². The largest absolute Gasteiger partial charge is 0.0804 e. The first-order valence-electron chi connectivity index (χ1n) is 4.26. The van der Waals surface area contributed by atoms with E-state index in [-0.39, 0.29) is 4.32 Å². The molecule has 1 atom stereocenters. The van der Waals surface area contributed by atoms with Crippen LogP contribution in [0, 0.1) is 0 Å². The number of allylic oxidation sites excluding steroid dienone is 4. The Hall–Kier alpha value is -0.0400. The summed E-state index contributed by atoms with van der Waals surface area (Å²) in [5.74, 6) is 0. The number of alkyl halides is 1. The summed E-state index contributed by atoms with van der Waals surface area (Å²) in [6.45, 7) is 4.44. The van der Waals surface area contributed by atoms with Crippen LogP contribution < -0.4 is 0 Å². The maximum atomic E-state index is 3.75. The highest BCUT2D eigenvalue weighted by atomic mass is 79.9. The van der Waals surface area contributed by atoms with E-state index < -0.39 is 0 Å². The second-order valence-corrected chi connectivity index (χ2v) is 4.68. The predicted octanol–water partition coefficient (Wildman–Crippen LogP) is 3.83. The molecule has 1 aliphatic rings. The van der Waals surface area contributed by atoms with Gasteiger partial charge in [0.15, 0.2) is 0 Å². The second kappa shape index (κ2) is 3.57. The molecule has 0 N–H and O–H groups in total. The quantitative estimate of drug-likeness (QED) is 0.614. The molecule has 0 amide bonds. The lowest BCUT2D eigenvalue weighted by Gasteiger charge is -2.25. The first kappa shape index (κ1) is 9.05. The van der Waals surface area contributed by atoms with Crippen LogP contribution in [-0.2, 0) is 0 Å². The van der Waals surface area contributed by atoms with Crippen molar-refractivity contribution in [3.8, 4) is 0 Å². The normalized spacial score (nSPS) is 30.3. The molecular formula is C10H15Br. The smallest absolute Gasteiger partial charge is 0.0474 e. The van der Waals surface area contributed by atoms with Gasteiger partial charge < -0.3 is 0 Å². The minimum absolute atomic E-state index is 0.257. The molecular weight excluding hydrogens is 200 g/mol. The van der Waals surface area contributed by atoms with Crippen molar-refractivity contribution in [1.82, 2.24) is 0 Å². The van der Waals surface area contributed by atoms with Crippen LogP contribution in [0.3, 0.4) is 0 Å². The van der Waals surface area contributed by atoms with Crippen molar-refractivity contribution in [3.05, 3.63) is 23.8 Å². The van der Waals surface area contributed by atoms with E-state index in [0.29, 0.717) is 0 Å². The molecule has 0 aromatic heterocycles. The highest BCUT2D eigenvalue weighted by Gasteiger charge is 2.23. The van der Waals surface area contributed by atoms with Crippen LogP contribution in [0.2, 0.25) is 0 Å². The molecule has 0 radical (unpaired) electrons. The predicted molar refractivity (Wildman–Crippen MR) is 54.1 cm³/mol. The molecule has 0 bridgehead atoms. The van der Waals surface area contributed by atoms with Crippen molar-refractivity contribution >= 4 is 15.9 Å². The van der Waals surface area contributed by atoms with Gasteiger partial charge in [0.05, 0.1) is 0 Å². The van der Waals surface area contributed by atoms with Crippen LogP contribution in [0.5, 0.6) is 0 Å². The summed E-state index contributed by atoms with van der Waals surface area (Å²) in [7, 11) is 0. The Labute approximate surface area is 77.5 Å². The number of hydrogen-bond donors (Lipinski definition) is 0. The van der Waals surface area contributed by atoms with E-state index >= 15 is 0 Å². The molecule has 11 heavy (non-hydrogen) atoms. The Balaban J connectivity index is 2.68. The third-order valence-corrected chi connectivity index (χ3v) is 3.40. The zero-order valence-corrected chi connectivity index (χ0v) is 8.82. The van der Waals surface area contributed by atoms with E-state index in [9.17, 15) is 0 Å². The van der Waals surface area contributed by atoms with E-state index in [1.54, 1.807) is 5.57 Å². The lowest BCUT2D eigenvalue weighted by Crippen LogP contribution is -2.18. The van der Waals surface area contributed by atoms with Gasteiger partial charge in [-0.05, 0) is 19.3 Å². The third-order valence-electron chi connectivity index (χ3n) is 2.29. The standard InChI is InChI=1S/C10H15Br/c1-3-9-6-5-7-10(11,4-2)8-9/h5-7H,3-4,8H2,1-2H3. The van der Waals surface area contributed by atoms with Gasteiger partial charge in [-0.1, -0.05) is 53.6 Å². The summed E-state index contributed by atoms with van der Waals surface area (Å²) in [4.78, 5) is 0. The van der Waals surface area contributed by atoms with Crippen LogP contribution in [0.4, 0.5) is 0 Å². The van der Waals surface area contributed by atoms with Crippen molar-refractivity contribution in [3.63, 3.8) is 0 Å². The van der Waals surface area contributed by atoms with Crippen LogP contribution in [0.25, 0.3) is 0 Å². The maximum absolute atomic E-state index is 3.75. The SMILES string of the molecule is CCC1=CC=CC(Br)(CC)C1. The molecule has 0 aromatic carbocycles. The summed E-state index contributed by atoms with van der Waals surface area (Å²) in [5.41, 5.74) is 1.55. The van der Waals surface area contributed by atoms with Crippen LogP contribution in [0.1, 0.15) is 33.1 Å². The lowest BCUT2D eigenvalue weighted by atomic mass is 9.91. The number of rotatable bonds is 2. The number of halogens is 1. The lowest BCUT2D eigenvalue weighted by molar-refractivity contribution is 0.668. The zero-order valence-electron chi connectivity index (χ0n) is 7.23. The molecule has 0 saturated carbocycles. The monoisotopic (exact) mass is 214 g/mol. The molecule has 0 aliphatic heterocycles. The van der Waals surface area contributed by atoms with Gasteiger partial charge in [-0.2, -0.15) is 0 Å². The summed E-state index contributed by atoms with van der Waals surface area (Å²) in [5, 5.41) is 0. The fraction of sp³-hybridized carbons (Fsp3) is 0.600. The topological polar surface area (TPSA) is 0 Å². The van der Waals surface area contributed by atoms with Gasteiger partial charge in [0, 0.05) is 4.32 Å². The molecule has 0 heterocycles. The Morgan fingerprint density at radius 1 is 1.55 bits per heavy atom. The van der Waals surface area contributed by atoms with Crippen molar-refractivity contribution in [2.45, 2.75) is 37.4 Å². The molecule has 1 aliphatic carbocycles. The van der Waals surface area contributed by atoms with Crippen LogP contribution in [0.15, 0.2) is 23.8 Å². The van der Waals surface area contributed by atoms with Gasteiger partial charge in [-0.3, -0.25) is 0 Å². The summed E-state index contributed by atoms with van der Waals surface area (Å²) in [6.07, 6.45) is 10.2. The second-order valence-electron chi connectivity index (χ2n) is 3.10. The van der Waals surface area contributed by atoms with Crippen LogP contribution >= 0.6 is 15.9 Å². The Morgan fingerprint density at radius 2 is 2.27 bits per heavy atom. The molecule has 1 unspecified atom stereocenters. The Kier molecular flexibility index (Phi) is 2.94. The van der Waals surface area contributed by atoms with Crippen molar-refractivity contribution in [1.29, 1.82) is 0 Å². The van der Waals surface area contributed by atoms with Crippen LogP contribution in [-0.4, -0.2) is 4.32 Å². The van der Waals surface area contributed by atoms with E-state index in [1.807, 2.05) is 0 Å². The highest BCUT2D eigenvalue weighted by molar-refractivity contribution is 9.10. The van der Waals surface area contributed by atoms with Crippen molar-refractivity contribution in [2.75, 3.05) is 0 Å². The highest BCUT2D eigenvalue weighted by Crippen LogP contribution is 2.35. The fourth-order valence-electron chi connectivity index (χ4n) is 1.34. The fourth-order valence-corrected chi connectivity index (χ4v) is 1.85. The summed E-state index contributed by atoms with van der Waals surface area (Å²) in [6, 6.07) is 0. The molecule has 0 fully saturated rings. The summed E-state index contributed by atoms with van der Waals surface area (Å²) < 4.78 is 0.257. The molecule has 1 heteroatoms. The first-order chi connectivity index (χ1) is 5.20. The van der Waals surface area contributed by atoms with Gasteiger partial charge in [-0.15, -0.1) is 0 Å². The first-order valence-corrected chi connectivity index (χ1v) is 5.05. The van der Waals surface area contributed by atoms with Gasteiger partial charge in [-0.25, -0.2) is 0 Å². The number of hydrogen-bond acceptors (Lipinski definition) is 0. The van der Waals surface area contributed by atoms with E-state index in [4.69, 9.17) is 0 Å². The summed E-state index contributed by atoms with van der Waals surface area (Å²) >= 11 is 3.75. The third kappa shape index (κ3) is 2.19. The average Bonchev–Trinajstić information content (AvgIpc) is 2.05. The van der Waals surface area contributed by atoms with E-state index in [0.717, 1.165) is 0 Å². The maximum Gasteiger partial charge on any atom is 0.0474 e. The van der Waals surface area contributed by atoms with Crippen molar-refractivity contribution in [2.24, 2.45) is 0 Å². The van der Waals surface area contributed by atoms with E-state index in [2.05, 4.69) is 48.0 Å². The van der Waals surface area contributed by atoms with Gasteiger partial charge in [0.25, 0.3) is 0 Å². The van der Waals surface area contributed by atoms with Gasteiger partial charge in [0.1, 0.15) is 0 Å². The minimum atomic E-state index is 0.257. The van der Waals surface area contributed by atoms with Gasteiger partial charge >= 0.3 is 0 Å².